The summed E-state index contributed by atoms with van der Waals surface area (Å²) in [6, 6.07) is 0. The van der Waals surface area contributed by atoms with E-state index in [-0.39, 0.29) is 0 Å². The SMILES string of the molecule is C=BCC1=CC2CC(=C=C)CC12. The summed E-state index contributed by atoms with van der Waals surface area (Å²) in [7, 11) is 0. The van der Waals surface area contributed by atoms with Crippen molar-refractivity contribution in [3.63, 3.8) is 0 Å². The van der Waals surface area contributed by atoms with Crippen molar-refractivity contribution in [2.75, 3.05) is 0 Å². The van der Waals surface area contributed by atoms with Gasteiger partial charge in [-0.3, -0.25) is 0 Å². The summed E-state index contributed by atoms with van der Waals surface area (Å²) in [5.74, 6) is 1.62. The molecule has 1 fully saturated rings. The summed E-state index contributed by atoms with van der Waals surface area (Å²) in [6.45, 7) is 9.46. The van der Waals surface area contributed by atoms with Crippen LogP contribution in [0.2, 0.25) is 6.32 Å². The second-order valence-corrected chi connectivity index (χ2v) is 3.69. The van der Waals surface area contributed by atoms with E-state index in [1.807, 2.05) is 6.92 Å². The van der Waals surface area contributed by atoms with Crippen molar-refractivity contribution in [2.45, 2.75) is 19.2 Å². The molecule has 1 saturated carbocycles. The van der Waals surface area contributed by atoms with Crippen LogP contribution in [0.15, 0.2) is 29.5 Å². The second kappa shape index (κ2) is 2.92. The first-order valence-corrected chi connectivity index (χ1v) is 4.54. The summed E-state index contributed by atoms with van der Waals surface area (Å²) < 4.78 is 0. The van der Waals surface area contributed by atoms with Gasteiger partial charge in [-0.2, -0.15) is 0 Å². The van der Waals surface area contributed by atoms with Gasteiger partial charge in [0.1, 0.15) is 0 Å². The van der Waals surface area contributed by atoms with Crippen molar-refractivity contribution >= 4 is 13.4 Å². The molecule has 0 aromatic carbocycles. The Kier molecular flexibility index (Phi) is 1.90. The van der Waals surface area contributed by atoms with Crippen molar-refractivity contribution in [3.8, 4) is 0 Å². The molecule has 2 unspecified atom stereocenters. The fraction of sp³-hybridized carbons (Fsp3) is 0.455. The molecule has 0 aromatic heterocycles. The van der Waals surface area contributed by atoms with E-state index in [0.29, 0.717) is 0 Å². The Morgan fingerprint density at radius 3 is 3.08 bits per heavy atom. The molecule has 0 heterocycles. The number of rotatable bonds is 2. The van der Waals surface area contributed by atoms with Crippen LogP contribution in [0.3, 0.4) is 0 Å². The topological polar surface area (TPSA) is 0 Å². The molecule has 2 rings (SSSR count). The van der Waals surface area contributed by atoms with Gasteiger partial charge in [0.15, 0.2) is 0 Å². The van der Waals surface area contributed by atoms with Crippen molar-refractivity contribution in [1.29, 1.82) is 0 Å². The van der Waals surface area contributed by atoms with Gasteiger partial charge < -0.3 is 0 Å². The third-order valence-corrected chi connectivity index (χ3v) is 3.00. The molecule has 60 valence electrons. The van der Waals surface area contributed by atoms with E-state index in [2.05, 4.69) is 24.9 Å². The Morgan fingerprint density at radius 1 is 1.58 bits per heavy atom. The molecule has 0 radical (unpaired) electrons. The Hall–Kier alpha value is -0.805. The van der Waals surface area contributed by atoms with Gasteiger partial charge in [0, 0.05) is 0 Å². The Morgan fingerprint density at radius 2 is 2.42 bits per heavy atom. The van der Waals surface area contributed by atoms with Gasteiger partial charge >= 0.3 is 73.9 Å². The fourth-order valence-electron chi connectivity index (χ4n) is 2.32. The van der Waals surface area contributed by atoms with Gasteiger partial charge in [-0.25, -0.2) is 0 Å². The number of hydrogen-bond donors (Lipinski definition) is 0. The summed E-state index contributed by atoms with van der Waals surface area (Å²) >= 11 is 0. The van der Waals surface area contributed by atoms with Gasteiger partial charge in [-0.1, -0.05) is 0 Å². The minimum absolute atomic E-state index is 0.809. The zero-order valence-electron chi connectivity index (χ0n) is 7.34. The van der Waals surface area contributed by atoms with Gasteiger partial charge in [0.2, 0.25) is 0 Å². The van der Waals surface area contributed by atoms with Gasteiger partial charge in [-0.15, -0.1) is 0 Å². The zero-order valence-corrected chi connectivity index (χ0v) is 7.34. The normalized spacial score (nSPS) is 31.3. The van der Waals surface area contributed by atoms with Crippen LogP contribution in [0.1, 0.15) is 12.8 Å². The predicted molar refractivity (Wildman–Crippen MR) is 54.6 cm³/mol. The third-order valence-electron chi connectivity index (χ3n) is 3.00. The molecule has 0 amide bonds. The Bertz CT molecular complexity index is 292. The number of fused-ring (bicyclic) bond motifs is 1. The van der Waals surface area contributed by atoms with E-state index in [1.54, 1.807) is 5.57 Å². The molecule has 0 nitrogen and oxygen atoms in total. The molecule has 0 N–H and O–H groups in total. The number of allylic oxidation sites excluding steroid dienone is 3. The summed E-state index contributed by atoms with van der Waals surface area (Å²) in [6.07, 6.45) is 5.88. The molecule has 12 heavy (non-hydrogen) atoms. The van der Waals surface area contributed by atoms with Crippen molar-refractivity contribution in [2.24, 2.45) is 11.8 Å². The van der Waals surface area contributed by atoms with Crippen LogP contribution in [-0.4, -0.2) is 13.4 Å². The molecular formula is C11H13B. The van der Waals surface area contributed by atoms with Crippen molar-refractivity contribution in [3.05, 3.63) is 29.5 Å². The molecule has 0 spiro atoms. The van der Waals surface area contributed by atoms with Crippen LogP contribution >= 0.6 is 0 Å². The van der Waals surface area contributed by atoms with Crippen LogP contribution in [0.5, 0.6) is 0 Å². The second-order valence-electron chi connectivity index (χ2n) is 3.69. The monoisotopic (exact) mass is 156 g/mol. The molecule has 1 heteroatoms. The molecule has 0 aromatic rings. The summed E-state index contributed by atoms with van der Waals surface area (Å²) in [4.78, 5) is 0. The zero-order chi connectivity index (χ0) is 8.55. The molecule has 0 aliphatic heterocycles. The minimum atomic E-state index is 0.809. The van der Waals surface area contributed by atoms with Gasteiger partial charge in [0.05, 0.1) is 0 Å². The van der Waals surface area contributed by atoms with E-state index in [0.717, 1.165) is 18.2 Å². The van der Waals surface area contributed by atoms with Crippen molar-refractivity contribution in [1.82, 2.24) is 0 Å². The predicted octanol–water partition coefficient (Wildman–Crippen LogP) is 2.22. The van der Waals surface area contributed by atoms with E-state index in [4.69, 9.17) is 0 Å². The van der Waals surface area contributed by atoms with Crippen LogP contribution in [0.4, 0.5) is 0 Å². The van der Waals surface area contributed by atoms with Crippen molar-refractivity contribution < 1.29 is 0 Å². The average Bonchev–Trinajstić information content (AvgIpc) is 2.39. The third kappa shape index (κ3) is 1.05. The quantitative estimate of drug-likeness (QED) is 0.326. The molecule has 2 aliphatic carbocycles. The molecular weight excluding hydrogens is 143 g/mol. The summed E-state index contributed by atoms with van der Waals surface area (Å²) in [5.41, 5.74) is 6.04. The molecule has 0 bridgehead atoms. The van der Waals surface area contributed by atoms with E-state index in [1.165, 1.54) is 18.4 Å². The number of hydrogen-bond acceptors (Lipinski definition) is 0. The molecule has 0 saturated heterocycles. The van der Waals surface area contributed by atoms with Gasteiger partial charge in [0.25, 0.3) is 0 Å². The molecule has 2 atom stereocenters. The van der Waals surface area contributed by atoms with Crippen LogP contribution < -0.4 is 0 Å². The first kappa shape index (κ1) is 7.82. The maximum absolute atomic E-state index is 3.76. The summed E-state index contributed by atoms with van der Waals surface area (Å²) in [5, 5.41) is 0. The Balaban J connectivity index is 2.08. The van der Waals surface area contributed by atoms with Crippen LogP contribution in [0.25, 0.3) is 0 Å². The maximum atomic E-state index is 3.76. The van der Waals surface area contributed by atoms with E-state index >= 15 is 0 Å². The fourth-order valence-corrected chi connectivity index (χ4v) is 2.32. The van der Waals surface area contributed by atoms with Gasteiger partial charge in [-0.05, 0) is 0 Å². The average molecular weight is 156 g/mol. The first-order chi connectivity index (χ1) is 5.85. The van der Waals surface area contributed by atoms with Crippen LogP contribution in [-0.2, 0) is 0 Å². The standard InChI is InChI=1S/C11H13B/c1-3-8-4-9-6-10(7-12-2)11(9)5-8/h6,9,11H,1-2,4-5,7H2. The van der Waals surface area contributed by atoms with Crippen LogP contribution in [0, 0.1) is 11.8 Å². The van der Waals surface area contributed by atoms with E-state index in [9.17, 15) is 0 Å². The first-order valence-electron chi connectivity index (χ1n) is 4.54. The van der Waals surface area contributed by atoms with E-state index < -0.39 is 0 Å². The molecule has 2 aliphatic rings. The Labute approximate surface area is 74.6 Å².